The molecule has 0 aliphatic carbocycles. The first-order valence-corrected chi connectivity index (χ1v) is 5.01. The topological polar surface area (TPSA) is 60.9 Å². The normalized spacial score (nSPS) is 10.4. The fourth-order valence-corrected chi connectivity index (χ4v) is 1.56. The molecule has 0 aliphatic heterocycles. The summed E-state index contributed by atoms with van der Waals surface area (Å²) < 4.78 is 1.65. The van der Waals surface area contributed by atoms with E-state index in [1.54, 1.807) is 29.8 Å². The van der Waals surface area contributed by atoms with Crippen LogP contribution in [0.1, 0.15) is 23.0 Å². The van der Waals surface area contributed by atoms with E-state index in [1.807, 2.05) is 19.1 Å². The van der Waals surface area contributed by atoms with Gasteiger partial charge in [0.1, 0.15) is 5.82 Å². The lowest BCUT2D eigenvalue weighted by atomic mass is 10.1. The van der Waals surface area contributed by atoms with Gasteiger partial charge in [0.05, 0.1) is 11.4 Å². The van der Waals surface area contributed by atoms with Gasteiger partial charge in [-0.3, -0.25) is 4.79 Å². The lowest BCUT2D eigenvalue weighted by molar-refractivity contribution is 0.101. The predicted molar refractivity (Wildman–Crippen MR) is 62.7 cm³/mol. The number of nitrogens with two attached hydrogens (primary N) is 1. The van der Waals surface area contributed by atoms with E-state index >= 15 is 0 Å². The van der Waals surface area contributed by atoms with Crippen LogP contribution in [0.5, 0.6) is 0 Å². The quantitative estimate of drug-likeness (QED) is 0.779. The Morgan fingerprint density at radius 1 is 1.31 bits per heavy atom. The van der Waals surface area contributed by atoms with Crippen LogP contribution in [0.3, 0.4) is 0 Å². The number of ketones is 1. The zero-order valence-corrected chi connectivity index (χ0v) is 9.27. The highest BCUT2D eigenvalue weighted by Crippen LogP contribution is 2.15. The summed E-state index contributed by atoms with van der Waals surface area (Å²) in [7, 11) is 0. The molecular formula is C12H13N3O. The van der Waals surface area contributed by atoms with Crippen molar-refractivity contribution in [1.29, 1.82) is 0 Å². The monoisotopic (exact) mass is 215 g/mol. The Hall–Kier alpha value is -2.10. The smallest absolute Gasteiger partial charge is 0.159 e. The average Bonchev–Trinajstić information content (AvgIpc) is 2.58. The Kier molecular flexibility index (Phi) is 2.48. The minimum Gasteiger partial charge on any atom is -0.384 e. The summed E-state index contributed by atoms with van der Waals surface area (Å²) in [5, 5.41) is 4.26. The van der Waals surface area contributed by atoms with Crippen LogP contribution in [-0.4, -0.2) is 15.6 Å². The molecule has 82 valence electrons. The molecule has 0 atom stereocenters. The molecule has 0 bridgehead atoms. The molecule has 1 aromatic heterocycles. The van der Waals surface area contributed by atoms with E-state index in [2.05, 4.69) is 5.10 Å². The highest BCUT2D eigenvalue weighted by atomic mass is 16.1. The summed E-state index contributed by atoms with van der Waals surface area (Å²) in [6, 6.07) is 9.01. The number of nitrogens with zero attached hydrogens (tertiary/aromatic N) is 2. The molecular weight excluding hydrogens is 202 g/mol. The zero-order valence-electron chi connectivity index (χ0n) is 9.27. The van der Waals surface area contributed by atoms with Gasteiger partial charge in [-0.05, 0) is 38.1 Å². The van der Waals surface area contributed by atoms with Crippen LogP contribution in [0, 0.1) is 6.92 Å². The van der Waals surface area contributed by atoms with E-state index in [-0.39, 0.29) is 5.78 Å². The SMILES string of the molecule is CC(=O)c1ccc(-n2nc(C)cc2N)cc1. The van der Waals surface area contributed by atoms with Crippen LogP contribution in [0.2, 0.25) is 0 Å². The van der Waals surface area contributed by atoms with E-state index in [9.17, 15) is 4.79 Å². The Labute approximate surface area is 93.7 Å². The number of benzene rings is 1. The van der Waals surface area contributed by atoms with E-state index in [0.29, 0.717) is 11.4 Å². The number of aryl methyl sites for hydroxylation is 1. The largest absolute Gasteiger partial charge is 0.384 e. The zero-order chi connectivity index (χ0) is 11.7. The van der Waals surface area contributed by atoms with Crippen molar-refractivity contribution in [2.45, 2.75) is 13.8 Å². The maximum atomic E-state index is 11.1. The molecule has 4 nitrogen and oxygen atoms in total. The molecule has 0 fully saturated rings. The van der Waals surface area contributed by atoms with Gasteiger partial charge < -0.3 is 5.73 Å². The molecule has 0 saturated carbocycles. The fourth-order valence-electron chi connectivity index (χ4n) is 1.56. The van der Waals surface area contributed by atoms with Crippen LogP contribution in [-0.2, 0) is 0 Å². The first-order chi connectivity index (χ1) is 7.58. The van der Waals surface area contributed by atoms with Crippen molar-refractivity contribution in [2.75, 3.05) is 5.73 Å². The lowest BCUT2D eigenvalue weighted by Gasteiger charge is -2.04. The molecule has 2 aromatic rings. The molecule has 16 heavy (non-hydrogen) atoms. The molecule has 2 N–H and O–H groups in total. The number of rotatable bonds is 2. The van der Waals surface area contributed by atoms with Gasteiger partial charge >= 0.3 is 0 Å². The van der Waals surface area contributed by atoms with Crippen LogP contribution in [0.25, 0.3) is 5.69 Å². The molecule has 4 heteroatoms. The van der Waals surface area contributed by atoms with Gasteiger partial charge in [-0.2, -0.15) is 5.10 Å². The Morgan fingerprint density at radius 3 is 2.38 bits per heavy atom. The first-order valence-electron chi connectivity index (χ1n) is 5.01. The molecule has 0 spiro atoms. The lowest BCUT2D eigenvalue weighted by Crippen LogP contribution is -2.02. The van der Waals surface area contributed by atoms with Crippen molar-refractivity contribution < 1.29 is 4.79 Å². The van der Waals surface area contributed by atoms with Gasteiger partial charge in [-0.15, -0.1) is 0 Å². The Bertz CT molecular complexity index is 526. The van der Waals surface area contributed by atoms with Crippen molar-refractivity contribution >= 4 is 11.6 Å². The summed E-state index contributed by atoms with van der Waals surface area (Å²) in [6.07, 6.45) is 0. The average molecular weight is 215 g/mol. The molecule has 2 rings (SSSR count). The van der Waals surface area contributed by atoms with Crippen molar-refractivity contribution in [1.82, 2.24) is 9.78 Å². The second-order valence-corrected chi connectivity index (χ2v) is 3.73. The standard InChI is InChI=1S/C12H13N3O/c1-8-7-12(13)15(14-8)11-5-3-10(4-6-11)9(2)16/h3-7H,13H2,1-2H3. The van der Waals surface area contributed by atoms with E-state index in [4.69, 9.17) is 5.73 Å². The van der Waals surface area contributed by atoms with E-state index in [1.165, 1.54) is 0 Å². The predicted octanol–water partition coefficient (Wildman–Crippen LogP) is 1.97. The molecule has 0 saturated heterocycles. The van der Waals surface area contributed by atoms with Gasteiger partial charge in [0.15, 0.2) is 5.78 Å². The highest BCUT2D eigenvalue weighted by Gasteiger charge is 2.05. The maximum Gasteiger partial charge on any atom is 0.159 e. The minimum absolute atomic E-state index is 0.0520. The van der Waals surface area contributed by atoms with Gasteiger partial charge in [0.25, 0.3) is 0 Å². The maximum absolute atomic E-state index is 11.1. The summed E-state index contributed by atoms with van der Waals surface area (Å²) in [5.41, 5.74) is 8.22. The summed E-state index contributed by atoms with van der Waals surface area (Å²) >= 11 is 0. The van der Waals surface area contributed by atoms with Gasteiger partial charge in [-0.1, -0.05) is 0 Å². The summed E-state index contributed by atoms with van der Waals surface area (Å²) in [5.74, 6) is 0.643. The third-order valence-electron chi connectivity index (χ3n) is 2.38. The number of hydrogen-bond acceptors (Lipinski definition) is 3. The number of hydrogen-bond donors (Lipinski definition) is 1. The number of anilines is 1. The van der Waals surface area contributed by atoms with Crippen molar-refractivity contribution in [3.8, 4) is 5.69 Å². The fraction of sp³-hybridized carbons (Fsp3) is 0.167. The van der Waals surface area contributed by atoms with Crippen LogP contribution < -0.4 is 5.73 Å². The van der Waals surface area contributed by atoms with Crippen LogP contribution in [0.15, 0.2) is 30.3 Å². The van der Waals surface area contributed by atoms with Gasteiger partial charge in [0, 0.05) is 11.6 Å². The molecule has 1 heterocycles. The number of aromatic nitrogens is 2. The summed E-state index contributed by atoms with van der Waals surface area (Å²) in [6.45, 7) is 3.43. The third-order valence-corrected chi connectivity index (χ3v) is 2.38. The van der Waals surface area contributed by atoms with Crippen molar-refractivity contribution in [2.24, 2.45) is 0 Å². The number of carbonyl (C=O) groups is 1. The molecule has 0 aliphatic rings. The van der Waals surface area contributed by atoms with Crippen LogP contribution in [0.4, 0.5) is 5.82 Å². The summed E-state index contributed by atoms with van der Waals surface area (Å²) in [4.78, 5) is 11.1. The first kappa shape index (κ1) is 10.4. The molecule has 1 aromatic carbocycles. The molecule has 0 radical (unpaired) electrons. The van der Waals surface area contributed by atoms with E-state index in [0.717, 1.165) is 11.4 Å². The highest BCUT2D eigenvalue weighted by molar-refractivity contribution is 5.94. The minimum atomic E-state index is 0.0520. The molecule has 0 unspecified atom stereocenters. The second kappa shape index (κ2) is 3.81. The Balaban J connectivity index is 2.42. The number of nitrogen functional groups attached to an aromatic ring is 1. The second-order valence-electron chi connectivity index (χ2n) is 3.73. The third kappa shape index (κ3) is 1.82. The van der Waals surface area contributed by atoms with Crippen LogP contribution >= 0.6 is 0 Å². The Morgan fingerprint density at radius 2 is 1.94 bits per heavy atom. The van der Waals surface area contributed by atoms with Gasteiger partial charge in [-0.25, -0.2) is 4.68 Å². The number of Topliss-reactive ketones (excluding diaryl/α,β-unsaturated/α-hetero) is 1. The van der Waals surface area contributed by atoms with Crippen molar-refractivity contribution in [3.63, 3.8) is 0 Å². The van der Waals surface area contributed by atoms with E-state index < -0.39 is 0 Å². The molecule has 0 amide bonds. The number of carbonyl (C=O) groups excluding carboxylic acids is 1. The van der Waals surface area contributed by atoms with Crippen molar-refractivity contribution in [3.05, 3.63) is 41.6 Å². The van der Waals surface area contributed by atoms with Gasteiger partial charge in [0.2, 0.25) is 0 Å².